The average Bonchev–Trinajstić information content (AvgIpc) is 2.32. The predicted molar refractivity (Wildman–Crippen MR) is 61.0 cm³/mol. The standard InChI is InChI=1S/C10H15N3O6/c1-5-8(16)12-7(15)4-13(5)10(19)11-6(2-3-14)9(17)18/h5-6,14H,2-4H2,1H3,(H,11,19)(H,17,18)(H,12,15,16)/t5?,6-/m0/s1. The zero-order valence-corrected chi connectivity index (χ0v) is 10.3. The largest absolute Gasteiger partial charge is 0.480 e. The lowest BCUT2D eigenvalue weighted by Gasteiger charge is -2.32. The molecule has 2 atom stereocenters. The minimum Gasteiger partial charge on any atom is -0.480 e. The second kappa shape index (κ2) is 6.14. The Morgan fingerprint density at radius 3 is 2.68 bits per heavy atom. The number of carbonyl (C=O) groups excluding carboxylic acids is 3. The summed E-state index contributed by atoms with van der Waals surface area (Å²) in [5, 5.41) is 21.7. The third kappa shape index (κ3) is 3.65. The van der Waals surface area contributed by atoms with Crippen molar-refractivity contribution >= 4 is 23.8 Å². The van der Waals surface area contributed by atoms with Gasteiger partial charge in [0.25, 0.3) is 0 Å². The highest BCUT2D eigenvalue weighted by Gasteiger charge is 2.34. The van der Waals surface area contributed by atoms with Gasteiger partial charge in [0, 0.05) is 13.0 Å². The average molecular weight is 273 g/mol. The highest BCUT2D eigenvalue weighted by atomic mass is 16.4. The summed E-state index contributed by atoms with van der Waals surface area (Å²) in [5.41, 5.74) is 0. The third-order valence-electron chi connectivity index (χ3n) is 2.70. The first kappa shape index (κ1) is 14.9. The SMILES string of the molecule is CC1C(=O)NC(=O)CN1C(=O)N[C@@H](CCO)C(=O)O. The van der Waals surface area contributed by atoms with E-state index >= 15 is 0 Å². The molecule has 0 bridgehead atoms. The third-order valence-corrected chi connectivity index (χ3v) is 2.70. The normalized spacial score (nSPS) is 20.7. The first-order valence-corrected chi connectivity index (χ1v) is 5.61. The summed E-state index contributed by atoms with van der Waals surface area (Å²) in [6, 6.07) is -2.98. The highest BCUT2D eigenvalue weighted by molar-refractivity contribution is 6.04. The van der Waals surface area contributed by atoms with Gasteiger partial charge in [0.1, 0.15) is 18.6 Å². The number of hydrogen-bond acceptors (Lipinski definition) is 5. The summed E-state index contributed by atoms with van der Waals surface area (Å²) in [5.74, 6) is -2.56. The highest BCUT2D eigenvalue weighted by Crippen LogP contribution is 2.06. The molecule has 0 aromatic rings. The molecule has 0 radical (unpaired) electrons. The summed E-state index contributed by atoms with van der Waals surface area (Å²) in [6.07, 6.45) is -0.163. The Hall–Kier alpha value is -2.16. The van der Waals surface area contributed by atoms with Crippen LogP contribution in [0, 0.1) is 0 Å². The number of carboxylic acids is 1. The molecule has 0 aromatic carbocycles. The van der Waals surface area contributed by atoms with Gasteiger partial charge in [-0.05, 0) is 6.92 Å². The lowest BCUT2D eigenvalue weighted by molar-refractivity contribution is -0.139. The van der Waals surface area contributed by atoms with Crippen LogP contribution in [0.2, 0.25) is 0 Å². The quantitative estimate of drug-likeness (QED) is 0.432. The molecule has 1 rings (SSSR count). The van der Waals surface area contributed by atoms with E-state index in [0.29, 0.717) is 0 Å². The molecular formula is C10H15N3O6. The van der Waals surface area contributed by atoms with Crippen molar-refractivity contribution < 1.29 is 29.4 Å². The summed E-state index contributed by atoms with van der Waals surface area (Å²) in [4.78, 5) is 46.1. The van der Waals surface area contributed by atoms with Crippen LogP contribution in [0.25, 0.3) is 0 Å². The molecule has 9 heteroatoms. The van der Waals surface area contributed by atoms with Crippen molar-refractivity contribution in [3.05, 3.63) is 0 Å². The van der Waals surface area contributed by atoms with Crippen molar-refractivity contribution in [2.24, 2.45) is 0 Å². The molecule has 0 spiro atoms. The van der Waals surface area contributed by atoms with Gasteiger partial charge in [0.2, 0.25) is 11.8 Å². The smallest absolute Gasteiger partial charge is 0.326 e. The summed E-state index contributed by atoms with van der Waals surface area (Å²) < 4.78 is 0. The molecule has 4 N–H and O–H groups in total. The number of carbonyl (C=O) groups is 4. The van der Waals surface area contributed by atoms with E-state index in [2.05, 4.69) is 10.6 Å². The van der Waals surface area contributed by atoms with Crippen LogP contribution in [-0.2, 0) is 14.4 Å². The van der Waals surface area contributed by atoms with E-state index in [-0.39, 0.29) is 13.0 Å². The topological polar surface area (TPSA) is 136 Å². The van der Waals surface area contributed by atoms with Crippen molar-refractivity contribution in [1.82, 2.24) is 15.5 Å². The van der Waals surface area contributed by atoms with E-state index in [0.717, 1.165) is 4.90 Å². The lowest BCUT2D eigenvalue weighted by atomic mass is 10.2. The van der Waals surface area contributed by atoms with E-state index in [4.69, 9.17) is 10.2 Å². The van der Waals surface area contributed by atoms with Crippen LogP contribution >= 0.6 is 0 Å². The number of hydrogen-bond donors (Lipinski definition) is 4. The van der Waals surface area contributed by atoms with E-state index in [1.807, 2.05) is 0 Å². The number of piperazine rings is 1. The maximum absolute atomic E-state index is 11.8. The van der Waals surface area contributed by atoms with Gasteiger partial charge in [-0.2, -0.15) is 0 Å². The van der Waals surface area contributed by atoms with Gasteiger partial charge in [-0.15, -0.1) is 0 Å². The molecule has 1 aliphatic rings. The number of imide groups is 1. The molecule has 0 aliphatic carbocycles. The van der Waals surface area contributed by atoms with Crippen LogP contribution in [0.15, 0.2) is 0 Å². The number of carboxylic acid groups (broad SMARTS) is 1. The molecule has 1 fully saturated rings. The zero-order chi connectivity index (χ0) is 14.6. The van der Waals surface area contributed by atoms with Crippen LogP contribution in [0.1, 0.15) is 13.3 Å². The van der Waals surface area contributed by atoms with Crippen LogP contribution in [0.3, 0.4) is 0 Å². The molecule has 1 saturated heterocycles. The minimum atomic E-state index is -1.30. The lowest BCUT2D eigenvalue weighted by Crippen LogP contribution is -2.62. The Morgan fingerprint density at radius 2 is 2.16 bits per heavy atom. The van der Waals surface area contributed by atoms with Gasteiger partial charge in [-0.1, -0.05) is 0 Å². The van der Waals surface area contributed by atoms with Crippen molar-refractivity contribution in [3.63, 3.8) is 0 Å². The molecule has 9 nitrogen and oxygen atoms in total. The van der Waals surface area contributed by atoms with Gasteiger partial charge in [-0.25, -0.2) is 9.59 Å². The van der Waals surface area contributed by atoms with Crippen LogP contribution in [0.5, 0.6) is 0 Å². The van der Waals surface area contributed by atoms with E-state index in [1.54, 1.807) is 0 Å². The maximum atomic E-state index is 11.8. The Balaban J connectivity index is 2.72. The van der Waals surface area contributed by atoms with Gasteiger partial charge >= 0.3 is 12.0 Å². The second-order valence-corrected chi connectivity index (χ2v) is 4.07. The molecule has 1 aliphatic heterocycles. The van der Waals surface area contributed by atoms with E-state index in [9.17, 15) is 19.2 Å². The number of aliphatic hydroxyl groups excluding tert-OH is 1. The van der Waals surface area contributed by atoms with Crippen molar-refractivity contribution in [3.8, 4) is 0 Å². The Kier molecular flexibility index (Phi) is 4.81. The molecule has 1 heterocycles. The fraction of sp³-hybridized carbons (Fsp3) is 0.600. The van der Waals surface area contributed by atoms with Gasteiger partial charge in [0.15, 0.2) is 0 Å². The molecular weight excluding hydrogens is 258 g/mol. The van der Waals surface area contributed by atoms with Crippen molar-refractivity contribution in [2.75, 3.05) is 13.2 Å². The number of nitrogens with zero attached hydrogens (tertiary/aromatic N) is 1. The van der Waals surface area contributed by atoms with Crippen LogP contribution in [-0.4, -0.2) is 64.2 Å². The fourth-order valence-corrected chi connectivity index (χ4v) is 1.58. The number of amides is 4. The van der Waals surface area contributed by atoms with E-state index in [1.165, 1.54) is 6.92 Å². The fourth-order valence-electron chi connectivity index (χ4n) is 1.58. The number of aliphatic carboxylic acids is 1. The summed E-state index contributed by atoms with van der Waals surface area (Å²) in [7, 11) is 0. The first-order chi connectivity index (χ1) is 8.86. The molecule has 1 unspecified atom stereocenters. The minimum absolute atomic E-state index is 0.163. The number of nitrogens with one attached hydrogen (secondary N) is 2. The molecule has 106 valence electrons. The number of urea groups is 1. The number of rotatable bonds is 4. The molecule has 0 saturated carbocycles. The van der Waals surface area contributed by atoms with Crippen molar-refractivity contribution in [2.45, 2.75) is 25.4 Å². The summed E-state index contributed by atoms with van der Waals surface area (Å²) >= 11 is 0. The van der Waals surface area contributed by atoms with Crippen LogP contribution in [0.4, 0.5) is 4.79 Å². The zero-order valence-electron chi connectivity index (χ0n) is 10.3. The Morgan fingerprint density at radius 1 is 1.53 bits per heavy atom. The molecule has 0 aromatic heterocycles. The Labute approximate surface area is 108 Å². The van der Waals surface area contributed by atoms with E-state index < -0.39 is 42.5 Å². The maximum Gasteiger partial charge on any atom is 0.326 e. The molecule has 4 amide bonds. The first-order valence-electron chi connectivity index (χ1n) is 5.61. The van der Waals surface area contributed by atoms with Crippen molar-refractivity contribution in [1.29, 1.82) is 0 Å². The second-order valence-electron chi connectivity index (χ2n) is 4.07. The van der Waals surface area contributed by atoms with Gasteiger partial charge in [-0.3, -0.25) is 14.9 Å². The predicted octanol–water partition coefficient (Wildman–Crippen LogP) is -2.12. The molecule has 19 heavy (non-hydrogen) atoms. The van der Waals surface area contributed by atoms with Gasteiger partial charge in [0.05, 0.1) is 0 Å². The monoisotopic (exact) mass is 273 g/mol. The number of aliphatic hydroxyl groups is 1. The van der Waals surface area contributed by atoms with Crippen LogP contribution < -0.4 is 10.6 Å². The van der Waals surface area contributed by atoms with Gasteiger partial charge < -0.3 is 20.4 Å². The summed E-state index contributed by atoms with van der Waals surface area (Å²) in [6.45, 7) is 0.680. The Bertz CT molecular complexity index is 410.